The Balaban J connectivity index is 2.02. The molecule has 1 fully saturated rings. The minimum Gasteiger partial charge on any atom is -0.409 e. The van der Waals surface area contributed by atoms with Crippen molar-refractivity contribution < 1.29 is 23.9 Å². The molecule has 0 aromatic carbocycles. The fraction of sp³-hybridized carbons (Fsp3) is 0.611. The van der Waals surface area contributed by atoms with Crippen LogP contribution in [0, 0.1) is 11.8 Å². The van der Waals surface area contributed by atoms with E-state index in [9.17, 15) is 14.4 Å². The lowest BCUT2D eigenvalue weighted by Crippen LogP contribution is -2.54. The third kappa shape index (κ3) is 5.32. The lowest BCUT2D eigenvalue weighted by Gasteiger charge is -2.25. The van der Waals surface area contributed by atoms with Gasteiger partial charge in [0.25, 0.3) is 0 Å². The normalized spacial score (nSPS) is 22.1. The maximum Gasteiger partial charge on any atom is 0.413 e. The zero-order valence-corrected chi connectivity index (χ0v) is 15.6. The van der Waals surface area contributed by atoms with Crippen LogP contribution in [0.2, 0.25) is 0 Å². The SMILES string of the molecule is CC(C)C(C)C[C@H](NC(=O)Oc1cc[nH]c1)C(=O)N[C@@H]1C(=O)CO[C@H]1C. The van der Waals surface area contributed by atoms with Crippen LogP contribution in [0.1, 0.15) is 34.1 Å². The molecule has 2 amide bonds. The first-order chi connectivity index (χ1) is 12.3. The molecule has 1 aliphatic heterocycles. The number of aromatic nitrogens is 1. The van der Waals surface area contributed by atoms with Gasteiger partial charge < -0.3 is 25.1 Å². The number of nitrogens with one attached hydrogen (secondary N) is 3. The number of hydrogen-bond acceptors (Lipinski definition) is 5. The molecule has 1 aliphatic rings. The predicted octanol–water partition coefficient (Wildman–Crippen LogP) is 1.63. The number of Topliss-reactive ketones (excluding diaryl/α,β-unsaturated/α-hetero) is 1. The van der Waals surface area contributed by atoms with E-state index in [1.165, 1.54) is 6.20 Å². The molecule has 4 atom stereocenters. The second-order valence-electron chi connectivity index (χ2n) is 7.06. The first-order valence-electron chi connectivity index (χ1n) is 8.83. The van der Waals surface area contributed by atoms with Crippen LogP contribution in [0.15, 0.2) is 18.5 Å². The van der Waals surface area contributed by atoms with Crippen LogP contribution in [0.25, 0.3) is 0 Å². The highest BCUT2D eigenvalue weighted by atomic mass is 16.6. The smallest absolute Gasteiger partial charge is 0.409 e. The molecule has 0 radical (unpaired) electrons. The molecule has 0 aliphatic carbocycles. The molecule has 1 aromatic heterocycles. The zero-order valence-electron chi connectivity index (χ0n) is 15.6. The molecule has 1 unspecified atom stereocenters. The van der Waals surface area contributed by atoms with Crippen molar-refractivity contribution in [2.75, 3.05) is 6.61 Å². The van der Waals surface area contributed by atoms with E-state index in [1.54, 1.807) is 19.2 Å². The van der Waals surface area contributed by atoms with Crippen molar-refractivity contribution >= 4 is 17.8 Å². The Labute approximate surface area is 153 Å². The van der Waals surface area contributed by atoms with Gasteiger partial charge in [-0.15, -0.1) is 0 Å². The van der Waals surface area contributed by atoms with E-state index >= 15 is 0 Å². The molecular weight excluding hydrogens is 338 g/mol. The average molecular weight is 365 g/mol. The molecule has 8 heteroatoms. The number of carbonyl (C=O) groups excluding carboxylic acids is 3. The van der Waals surface area contributed by atoms with Gasteiger partial charge in [0, 0.05) is 12.4 Å². The zero-order chi connectivity index (χ0) is 19.3. The van der Waals surface area contributed by atoms with Gasteiger partial charge in [-0.2, -0.15) is 0 Å². The van der Waals surface area contributed by atoms with Gasteiger partial charge in [0.05, 0.1) is 6.10 Å². The van der Waals surface area contributed by atoms with Gasteiger partial charge in [0.15, 0.2) is 5.78 Å². The van der Waals surface area contributed by atoms with Gasteiger partial charge in [-0.05, 0) is 31.2 Å². The summed E-state index contributed by atoms with van der Waals surface area (Å²) in [6.07, 6.45) is 2.48. The minimum absolute atomic E-state index is 0.0118. The van der Waals surface area contributed by atoms with Gasteiger partial charge >= 0.3 is 6.09 Å². The first-order valence-corrected chi connectivity index (χ1v) is 8.83. The third-order valence-electron chi connectivity index (χ3n) is 4.74. The van der Waals surface area contributed by atoms with Gasteiger partial charge in [-0.3, -0.25) is 9.59 Å². The second-order valence-corrected chi connectivity index (χ2v) is 7.06. The van der Waals surface area contributed by atoms with Crippen LogP contribution in [0.3, 0.4) is 0 Å². The van der Waals surface area contributed by atoms with E-state index in [4.69, 9.17) is 9.47 Å². The van der Waals surface area contributed by atoms with Crippen molar-refractivity contribution in [1.29, 1.82) is 0 Å². The number of aromatic amines is 1. The van der Waals surface area contributed by atoms with Crippen LogP contribution in [-0.2, 0) is 14.3 Å². The summed E-state index contributed by atoms with van der Waals surface area (Å²) >= 11 is 0. The fourth-order valence-electron chi connectivity index (χ4n) is 2.64. The van der Waals surface area contributed by atoms with Crippen LogP contribution in [0.4, 0.5) is 4.79 Å². The number of carbonyl (C=O) groups is 3. The number of hydrogen-bond donors (Lipinski definition) is 3. The topological polar surface area (TPSA) is 110 Å². The van der Waals surface area contributed by atoms with Crippen molar-refractivity contribution in [3.8, 4) is 5.75 Å². The molecule has 0 saturated carbocycles. The van der Waals surface area contributed by atoms with E-state index in [0.717, 1.165) is 0 Å². The Morgan fingerprint density at radius 2 is 2.12 bits per heavy atom. The highest BCUT2D eigenvalue weighted by molar-refractivity contribution is 5.94. The highest BCUT2D eigenvalue weighted by Gasteiger charge is 2.36. The summed E-state index contributed by atoms with van der Waals surface area (Å²) in [5.41, 5.74) is 0. The first kappa shape index (κ1) is 20.0. The maximum absolute atomic E-state index is 12.7. The summed E-state index contributed by atoms with van der Waals surface area (Å²) in [5, 5.41) is 5.30. The van der Waals surface area contributed by atoms with E-state index < -0.39 is 24.1 Å². The van der Waals surface area contributed by atoms with Crippen molar-refractivity contribution in [2.45, 2.75) is 52.3 Å². The molecule has 3 N–H and O–H groups in total. The summed E-state index contributed by atoms with van der Waals surface area (Å²) in [5.74, 6) is 0.289. The molecular formula is C18H27N3O5. The Morgan fingerprint density at radius 1 is 1.38 bits per heavy atom. The lowest BCUT2D eigenvalue weighted by atomic mass is 9.90. The Bertz CT molecular complexity index is 629. The van der Waals surface area contributed by atoms with E-state index in [0.29, 0.717) is 18.1 Å². The Kier molecular flexibility index (Phi) is 6.79. The molecule has 26 heavy (non-hydrogen) atoms. The monoisotopic (exact) mass is 365 g/mol. The predicted molar refractivity (Wildman–Crippen MR) is 94.7 cm³/mol. The van der Waals surface area contributed by atoms with Crippen molar-refractivity contribution in [2.24, 2.45) is 11.8 Å². The third-order valence-corrected chi connectivity index (χ3v) is 4.74. The molecule has 2 rings (SSSR count). The fourth-order valence-corrected chi connectivity index (χ4v) is 2.64. The summed E-state index contributed by atoms with van der Waals surface area (Å²) in [7, 11) is 0. The number of rotatable bonds is 7. The summed E-state index contributed by atoms with van der Waals surface area (Å²) in [4.78, 5) is 39.4. The largest absolute Gasteiger partial charge is 0.413 e. The second kappa shape index (κ2) is 8.84. The molecule has 1 aromatic rings. The highest BCUT2D eigenvalue weighted by Crippen LogP contribution is 2.18. The number of H-pyrrole nitrogens is 1. The van der Waals surface area contributed by atoms with E-state index in [1.807, 2.05) is 20.8 Å². The summed E-state index contributed by atoms with van der Waals surface area (Å²) in [6.45, 7) is 7.83. The van der Waals surface area contributed by atoms with Gasteiger partial charge in [-0.1, -0.05) is 20.8 Å². The molecule has 8 nitrogen and oxygen atoms in total. The van der Waals surface area contributed by atoms with Gasteiger partial charge in [0.2, 0.25) is 5.91 Å². The van der Waals surface area contributed by atoms with Crippen molar-refractivity contribution in [3.05, 3.63) is 18.5 Å². The Morgan fingerprint density at radius 3 is 2.65 bits per heavy atom. The molecule has 144 valence electrons. The van der Waals surface area contributed by atoms with E-state index in [-0.39, 0.29) is 24.4 Å². The van der Waals surface area contributed by atoms with Crippen molar-refractivity contribution in [3.63, 3.8) is 0 Å². The van der Waals surface area contributed by atoms with Crippen molar-refractivity contribution in [1.82, 2.24) is 15.6 Å². The minimum atomic E-state index is -0.806. The number of ketones is 1. The summed E-state index contributed by atoms with van der Waals surface area (Å²) < 4.78 is 10.4. The molecule has 0 spiro atoms. The van der Waals surface area contributed by atoms with Gasteiger partial charge in [0.1, 0.15) is 24.4 Å². The van der Waals surface area contributed by atoms with Crippen LogP contribution in [0.5, 0.6) is 5.75 Å². The van der Waals surface area contributed by atoms with Crippen LogP contribution in [-0.4, -0.2) is 47.6 Å². The van der Waals surface area contributed by atoms with E-state index in [2.05, 4.69) is 15.6 Å². The van der Waals surface area contributed by atoms with Crippen LogP contribution < -0.4 is 15.4 Å². The quantitative estimate of drug-likeness (QED) is 0.680. The number of ether oxygens (including phenoxy) is 2. The summed E-state index contributed by atoms with van der Waals surface area (Å²) in [6, 6.07) is 0.100. The maximum atomic E-state index is 12.7. The average Bonchev–Trinajstić information content (AvgIpc) is 3.18. The number of amides is 2. The molecule has 0 bridgehead atoms. The molecule has 2 heterocycles. The van der Waals surface area contributed by atoms with Crippen LogP contribution >= 0.6 is 0 Å². The standard InChI is InChI=1S/C18H27N3O5/c1-10(2)11(3)7-14(20-18(24)26-13-5-6-19-8-13)17(23)21-16-12(4)25-9-15(16)22/h5-6,8,10-12,14,16,19H,7,9H2,1-4H3,(H,20,24)(H,21,23)/t11?,12-,14-,16-/m0/s1. The lowest BCUT2D eigenvalue weighted by molar-refractivity contribution is -0.127. The Hall–Kier alpha value is -2.35. The molecule has 1 saturated heterocycles. The van der Waals surface area contributed by atoms with Gasteiger partial charge in [-0.25, -0.2) is 4.79 Å².